The van der Waals surface area contributed by atoms with E-state index in [-0.39, 0.29) is 5.91 Å². The molecule has 6 nitrogen and oxygen atoms in total. The molecule has 1 N–H and O–H groups in total. The molecule has 2 aromatic rings. The number of nitrogens with zero attached hydrogens (tertiary/aromatic N) is 3. The van der Waals surface area contributed by atoms with Crippen LogP contribution in [0.2, 0.25) is 0 Å². The van der Waals surface area contributed by atoms with Gasteiger partial charge in [0.1, 0.15) is 5.65 Å². The number of aryl methyl sites for hydroxylation is 2. The highest BCUT2D eigenvalue weighted by atomic mass is 16.5. The lowest BCUT2D eigenvalue weighted by atomic mass is 10.2. The number of fused-ring (bicyclic) bond motifs is 1. The van der Waals surface area contributed by atoms with Gasteiger partial charge < -0.3 is 14.5 Å². The zero-order chi connectivity index (χ0) is 16.9. The number of hydrogen-bond acceptors (Lipinski definition) is 4. The molecular weight excluding hydrogens is 304 g/mol. The van der Waals surface area contributed by atoms with Gasteiger partial charge in [0.15, 0.2) is 0 Å². The van der Waals surface area contributed by atoms with Gasteiger partial charge in [0.2, 0.25) is 5.91 Å². The van der Waals surface area contributed by atoms with Gasteiger partial charge in [-0.1, -0.05) is 6.07 Å². The number of ether oxygens (including phenoxy) is 1. The van der Waals surface area contributed by atoms with E-state index >= 15 is 0 Å². The first-order valence-corrected chi connectivity index (χ1v) is 8.65. The number of pyridine rings is 1. The highest BCUT2D eigenvalue weighted by Gasteiger charge is 2.14. The molecule has 3 rings (SSSR count). The Labute approximate surface area is 142 Å². The lowest BCUT2D eigenvalue weighted by Crippen LogP contribution is -2.38. The standard InChI is InChI=1S/C18H26N4O2/c1-14-5-3-8-22-16(15(2)20-18(14)22)13-17(23)19-6-4-7-21-9-11-24-12-10-21/h3,5,8H,4,6-7,9-13H2,1-2H3,(H,19,23). The molecule has 1 aliphatic heterocycles. The van der Waals surface area contributed by atoms with Crippen LogP contribution in [0.3, 0.4) is 0 Å². The summed E-state index contributed by atoms with van der Waals surface area (Å²) >= 11 is 0. The van der Waals surface area contributed by atoms with Crippen LogP contribution >= 0.6 is 0 Å². The summed E-state index contributed by atoms with van der Waals surface area (Å²) < 4.78 is 7.36. The van der Waals surface area contributed by atoms with Gasteiger partial charge in [-0.05, 0) is 38.4 Å². The maximum absolute atomic E-state index is 12.3. The van der Waals surface area contributed by atoms with E-state index < -0.39 is 0 Å². The molecule has 0 radical (unpaired) electrons. The molecule has 1 amide bonds. The van der Waals surface area contributed by atoms with E-state index in [0.717, 1.165) is 61.9 Å². The summed E-state index contributed by atoms with van der Waals surface area (Å²) in [5.74, 6) is 0.0587. The molecule has 24 heavy (non-hydrogen) atoms. The van der Waals surface area contributed by atoms with Crippen LogP contribution < -0.4 is 5.32 Å². The highest BCUT2D eigenvalue weighted by molar-refractivity contribution is 5.78. The number of amides is 1. The van der Waals surface area contributed by atoms with Gasteiger partial charge in [0, 0.05) is 25.8 Å². The molecule has 0 unspecified atom stereocenters. The quantitative estimate of drug-likeness (QED) is 0.812. The minimum atomic E-state index is 0.0587. The summed E-state index contributed by atoms with van der Waals surface area (Å²) in [5.41, 5.74) is 3.95. The van der Waals surface area contributed by atoms with Crippen LogP contribution in [-0.4, -0.2) is 59.6 Å². The van der Waals surface area contributed by atoms with E-state index in [4.69, 9.17) is 4.74 Å². The van der Waals surface area contributed by atoms with E-state index in [2.05, 4.69) is 15.2 Å². The molecule has 0 bridgehead atoms. The number of nitrogens with one attached hydrogen (secondary N) is 1. The molecular formula is C18H26N4O2. The fourth-order valence-electron chi connectivity index (χ4n) is 3.15. The number of aromatic nitrogens is 2. The summed E-state index contributed by atoms with van der Waals surface area (Å²) in [6.07, 6.45) is 3.31. The number of hydrogen-bond donors (Lipinski definition) is 1. The lowest BCUT2D eigenvalue weighted by molar-refractivity contribution is -0.120. The minimum Gasteiger partial charge on any atom is -0.379 e. The molecule has 1 aliphatic rings. The first-order chi connectivity index (χ1) is 11.6. The van der Waals surface area contributed by atoms with Crippen LogP contribution in [0, 0.1) is 13.8 Å². The molecule has 3 heterocycles. The van der Waals surface area contributed by atoms with Gasteiger partial charge in [0.05, 0.1) is 31.0 Å². The van der Waals surface area contributed by atoms with Gasteiger partial charge in [-0.15, -0.1) is 0 Å². The zero-order valence-electron chi connectivity index (χ0n) is 14.5. The molecule has 1 fully saturated rings. The molecule has 0 saturated carbocycles. The van der Waals surface area contributed by atoms with Crippen molar-refractivity contribution in [3.63, 3.8) is 0 Å². The second kappa shape index (κ2) is 7.77. The summed E-state index contributed by atoms with van der Waals surface area (Å²) in [7, 11) is 0. The Bertz CT molecular complexity index is 704. The van der Waals surface area contributed by atoms with Gasteiger partial charge >= 0.3 is 0 Å². The van der Waals surface area contributed by atoms with Crippen LogP contribution in [0.15, 0.2) is 18.3 Å². The lowest BCUT2D eigenvalue weighted by Gasteiger charge is -2.26. The maximum Gasteiger partial charge on any atom is 0.226 e. The Morgan fingerprint density at radius 1 is 1.33 bits per heavy atom. The zero-order valence-corrected chi connectivity index (χ0v) is 14.5. The van der Waals surface area contributed by atoms with E-state index in [0.29, 0.717) is 13.0 Å². The number of carbonyl (C=O) groups is 1. The predicted molar refractivity (Wildman–Crippen MR) is 93.3 cm³/mol. The molecule has 0 aliphatic carbocycles. The van der Waals surface area contributed by atoms with Crippen molar-refractivity contribution >= 4 is 11.6 Å². The average Bonchev–Trinajstić information content (AvgIpc) is 2.90. The largest absolute Gasteiger partial charge is 0.379 e. The fourth-order valence-corrected chi connectivity index (χ4v) is 3.15. The number of rotatable bonds is 6. The topological polar surface area (TPSA) is 58.9 Å². The van der Waals surface area contributed by atoms with Crippen molar-refractivity contribution in [3.8, 4) is 0 Å². The predicted octanol–water partition coefficient (Wildman–Crippen LogP) is 1.33. The Balaban J connectivity index is 1.50. The Morgan fingerprint density at radius 3 is 2.92 bits per heavy atom. The van der Waals surface area contributed by atoms with Gasteiger partial charge in [-0.3, -0.25) is 9.69 Å². The van der Waals surface area contributed by atoms with Crippen LogP contribution in [0.4, 0.5) is 0 Å². The molecule has 130 valence electrons. The van der Waals surface area contributed by atoms with Crippen molar-refractivity contribution < 1.29 is 9.53 Å². The van der Waals surface area contributed by atoms with Crippen molar-refractivity contribution in [2.24, 2.45) is 0 Å². The molecule has 0 spiro atoms. The van der Waals surface area contributed by atoms with Crippen molar-refractivity contribution in [3.05, 3.63) is 35.3 Å². The van der Waals surface area contributed by atoms with E-state index in [1.807, 2.05) is 36.6 Å². The first kappa shape index (κ1) is 16.9. The monoisotopic (exact) mass is 330 g/mol. The molecule has 0 atom stereocenters. The molecule has 0 aromatic carbocycles. The molecule has 1 saturated heterocycles. The number of morpholine rings is 1. The van der Waals surface area contributed by atoms with E-state index in [1.165, 1.54) is 0 Å². The summed E-state index contributed by atoms with van der Waals surface area (Å²) in [5, 5.41) is 3.03. The Hall–Kier alpha value is -1.92. The number of carbonyl (C=O) groups excluding carboxylic acids is 1. The van der Waals surface area contributed by atoms with Gasteiger partial charge in [-0.2, -0.15) is 0 Å². The maximum atomic E-state index is 12.3. The van der Waals surface area contributed by atoms with Crippen molar-refractivity contribution in [1.29, 1.82) is 0 Å². The third kappa shape index (κ3) is 3.94. The van der Waals surface area contributed by atoms with Gasteiger partial charge in [-0.25, -0.2) is 4.98 Å². The normalized spacial score (nSPS) is 15.8. The average molecular weight is 330 g/mol. The van der Waals surface area contributed by atoms with Crippen LogP contribution in [0.5, 0.6) is 0 Å². The summed E-state index contributed by atoms with van der Waals surface area (Å²) in [4.78, 5) is 19.2. The van der Waals surface area contributed by atoms with E-state index in [1.54, 1.807) is 0 Å². The third-order valence-electron chi connectivity index (χ3n) is 4.55. The Kier molecular flexibility index (Phi) is 5.48. The summed E-state index contributed by atoms with van der Waals surface area (Å²) in [6, 6.07) is 4.03. The molecule has 2 aromatic heterocycles. The molecule has 6 heteroatoms. The number of imidazole rings is 1. The smallest absolute Gasteiger partial charge is 0.226 e. The Morgan fingerprint density at radius 2 is 2.12 bits per heavy atom. The second-order valence-electron chi connectivity index (χ2n) is 6.36. The van der Waals surface area contributed by atoms with Crippen LogP contribution in [0.25, 0.3) is 5.65 Å². The second-order valence-corrected chi connectivity index (χ2v) is 6.36. The van der Waals surface area contributed by atoms with Crippen molar-refractivity contribution in [2.75, 3.05) is 39.4 Å². The SMILES string of the molecule is Cc1nc2c(C)cccn2c1CC(=O)NCCCN1CCOCC1. The van der Waals surface area contributed by atoms with E-state index in [9.17, 15) is 4.79 Å². The summed E-state index contributed by atoms with van der Waals surface area (Å²) in [6.45, 7) is 9.36. The van der Waals surface area contributed by atoms with Crippen LogP contribution in [-0.2, 0) is 16.0 Å². The first-order valence-electron chi connectivity index (χ1n) is 8.65. The highest BCUT2D eigenvalue weighted by Crippen LogP contribution is 2.15. The van der Waals surface area contributed by atoms with Crippen LogP contribution in [0.1, 0.15) is 23.4 Å². The fraction of sp³-hybridized carbons (Fsp3) is 0.556. The van der Waals surface area contributed by atoms with Crippen molar-refractivity contribution in [2.45, 2.75) is 26.7 Å². The third-order valence-corrected chi connectivity index (χ3v) is 4.55. The van der Waals surface area contributed by atoms with Gasteiger partial charge in [0.25, 0.3) is 0 Å². The van der Waals surface area contributed by atoms with Crippen molar-refractivity contribution in [1.82, 2.24) is 19.6 Å². The minimum absolute atomic E-state index is 0.0587.